The van der Waals surface area contributed by atoms with Crippen LogP contribution in [0.5, 0.6) is 0 Å². The summed E-state index contributed by atoms with van der Waals surface area (Å²) >= 11 is 0. The number of Topliss-reactive ketones (excluding diaryl/α,β-unsaturated/α-hetero) is 1. The van der Waals surface area contributed by atoms with Crippen LogP contribution in [0.1, 0.15) is 77.3 Å². The zero-order valence-corrected chi connectivity index (χ0v) is 25.6. The fourth-order valence-electron chi connectivity index (χ4n) is 8.92. The number of rotatable bonds is 10. The van der Waals surface area contributed by atoms with Crippen LogP contribution in [-0.4, -0.2) is 81.1 Å². The van der Waals surface area contributed by atoms with Crippen LogP contribution >= 0.6 is 0 Å². The number of amides is 1. The monoisotopic (exact) mass is 613 g/mol. The molecule has 0 aromatic carbocycles. The zero-order valence-electron chi connectivity index (χ0n) is 25.6. The number of allylic oxidation sites excluding steroid dienone is 1. The second kappa shape index (κ2) is 12.2. The summed E-state index contributed by atoms with van der Waals surface area (Å²) in [4.78, 5) is 69.4. The van der Waals surface area contributed by atoms with E-state index in [4.69, 9.17) is 9.47 Å². The molecule has 0 aliphatic heterocycles. The smallest absolute Gasteiger partial charge is 0.328 e. The van der Waals surface area contributed by atoms with Crippen molar-refractivity contribution in [3.8, 4) is 0 Å². The number of hydrogen-bond acceptors (Lipinski definition) is 10. The third-order valence-corrected chi connectivity index (χ3v) is 11.2. The molecule has 0 bridgehead atoms. The van der Waals surface area contributed by atoms with E-state index in [-0.39, 0.29) is 61.1 Å². The van der Waals surface area contributed by atoms with Crippen molar-refractivity contribution in [2.75, 3.05) is 13.7 Å². The highest BCUT2D eigenvalue weighted by molar-refractivity contribution is 5.92. The van der Waals surface area contributed by atoms with E-state index in [0.717, 1.165) is 18.4 Å². The Kier molecular flexibility index (Phi) is 8.87. The molecule has 4 N–H and O–H groups in total. The fourth-order valence-corrected chi connectivity index (χ4v) is 8.92. The number of aromatic amines is 1. The highest BCUT2D eigenvalue weighted by Gasteiger charge is 2.68. The van der Waals surface area contributed by atoms with E-state index >= 15 is 0 Å². The van der Waals surface area contributed by atoms with Gasteiger partial charge in [0.05, 0.1) is 26.0 Å². The summed E-state index contributed by atoms with van der Waals surface area (Å²) in [5, 5.41) is 25.9. The molecule has 0 saturated heterocycles. The van der Waals surface area contributed by atoms with Gasteiger partial charge in [-0.05, 0) is 67.8 Å². The number of ketones is 2. The van der Waals surface area contributed by atoms with Gasteiger partial charge < -0.3 is 30.0 Å². The van der Waals surface area contributed by atoms with Crippen molar-refractivity contribution in [2.24, 2.45) is 28.6 Å². The highest BCUT2D eigenvalue weighted by atomic mass is 16.5. The average Bonchev–Trinajstić information content (AvgIpc) is 3.60. The molecule has 0 radical (unpaired) electrons. The molecule has 44 heavy (non-hydrogen) atoms. The first kappa shape index (κ1) is 32.0. The number of ether oxygens (including phenoxy) is 2. The van der Waals surface area contributed by atoms with Crippen LogP contribution in [-0.2, 0) is 39.9 Å². The van der Waals surface area contributed by atoms with Crippen molar-refractivity contribution >= 4 is 29.4 Å². The summed E-state index contributed by atoms with van der Waals surface area (Å²) in [6.45, 7) is 3.38. The first-order valence-corrected chi connectivity index (χ1v) is 15.5. The molecule has 12 nitrogen and oxygen atoms in total. The van der Waals surface area contributed by atoms with Gasteiger partial charge in [-0.15, -0.1) is 0 Å². The highest BCUT2D eigenvalue weighted by Crippen LogP contribution is 2.67. The minimum Gasteiger partial charge on any atom is -0.467 e. The number of esters is 2. The van der Waals surface area contributed by atoms with Gasteiger partial charge in [-0.3, -0.25) is 19.2 Å². The molecule has 3 saturated carbocycles. The first-order valence-electron chi connectivity index (χ1n) is 15.5. The molecule has 5 rings (SSSR count). The van der Waals surface area contributed by atoms with Crippen molar-refractivity contribution in [3.63, 3.8) is 0 Å². The van der Waals surface area contributed by atoms with Crippen molar-refractivity contribution in [2.45, 2.75) is 95.8 Å². The van der Waals surface area contributed by atoms with E-state index in [9.17, 15) is 34.2 Å². The Morgan fingerprint density at radius 1 is 1.16 bits per heavy atom. The van der Waals surface area contributed by atoms with Gasteiger partial charge in [0.25, 0.3) is 0 Å². The van der Waals surface area contributed by atoms with Crippen LogP contribution in [0.25, 0.3) is 0 Å². The predicted octanol–water partition coefficient (Wildman–Crippen LogP) is 1.74. The van der Waals surface area contributed by atoms with Gasteiger partial charge in [0.1, 0.15) is 11.6 Å². The number of fused-ring (bicyclic) bond motifs is 5. The van der Waals surface area contributed by atoms with E-state index in [1.807, 2.05) is 6.92 Å². The third kappa shape index (κ3) is 5.62. The van der Waals surface area contributed by atoms with Crippen LogP contribution in [0.4, 0.5) is 0 Å². The predicted molar refractivity (Wildman–Crippen MR) is 154 cm³/mol. The van der Waals surface area contributed by atoms with Crippen molar-refractivity contribution < 1.29 is 43.7 Å². The lowest BCUT2D eigenvalue weighted by Gasteiger charge is -2.60. The number of imidazole rings is 1. The van der Waals surface area contributed by atoms with E-state index < -0.39 is 53.4 Å². The number of H-pyrrole nitrogens is 1. The Balaban J connectivity index is 1.16. The molecule has 4 aliphatic rings. The van der Waals surface area contributed by atoms with Crippen molar-refractivity contribution in [3.05, 3.63) is 29.9 Å². The van der Waals surface area contributed by atoms with Gasteiger partial charge in [0.2, 0.25) is 11.7 Å². The topological polar surface area (TPSA) is 185 Å². The molecule has 1 amide bonds. The lowest BCUT2D eigenvalue weighted by atomic mass is 9.45. The molecule has 0 spiro atoms. The Hall–Kier alpha value is -3.38. The maximum atomic E-state index is 13.5. The third-order valence-electron chi connectivity index (χ3n) is 11.2. The van der Waals surface area contributed by atoms with Gasteiger partial charge in [0, 0.05) is 36.6 Å². The summed E-state index contributed by atoms with van der Waals surface area (Å²) < 4.78 is 9.96. The maximum absolute atomic E-state index is 13.5. The van der Waals surface area contributed by atoms with E-state index in [2.05, 4.69) is 22.2 Å². The van der Waals surface area contributed by atoms with Crippen LogP contribution in [0, 0.1) is 28.6 Å². The van der Waals surface area contributed by atoms with Crippen molar-refractivity contribution in [1.29, 1.82) is 0 Å². The van der Waals surface area contributed by atoms with Crippen LogP contribution in [0.15, 0.2) is 24.2 Å². The lowest BCUT2D eigenvalue weighted by molar-refractivity contribution is -0.184. The molecule has 240 valence electrons. The Morgan fingerprint density at radius 2 is 1.93 bits per heavy atom. The Labute approximate surface area is 256 Å². The summed E-state index contributed by atoms with van der Waals surface area (Å²) in [6, 6.07) is -0.976. The standard InChI is InChI=1S/C32H43N3O9/c1-30-10-8-20(36)12-18(30)4-5-21-22-9-11-32(42,31(22,2)14-24(37)28(21)30)25(38)16-44-27(40)7-6-26(39)35-23(29(41)43-3)13-19-15-33-17-34-19/h12,15,17,21-24,28,37,42H,4-11,13-14,16H2,1-3H3,(H,33,34)(H,35,39)/t21-,22-,23+,24+,28+,30-,31-,32-/m0/s1. The normalized spacial score (nSPS) is 34.9. The number of hydrogen-bond donors (Lipinski definition) is 4. The van der Waals surface area contributed by atoms with E-state index in [0.29, 0.717) is 25.0 Å². The lowest BCUT2D eigenvalue weighted by Crippen LogP contribution is -2.62. The number of carbonyl (C=O) groups is 5. The van der Waals surface area contributed by atoms with Gasteiger partial charge in [0.15, 0.2) is 12.4 Å². The number of methoxy groups -OCH3 is 1. The van der Waals surface area contributed by atoms with E-state index in [1.165, 1.54) is 19.6 Å². The zero-order chi connectivity index (χ0) is 31.9. The van der Waals surface area contributed by atoms with Gasteiger partial charge >= 0.3 is 11.9 Å². The van der Waals surface area contributed by atoms with E-state index in [1.54, 1.807) is 6.08 Å². The Bertz CT molecular complexity index is 1340. The number of nitrogens with one attached hydrogen (secondary N) is 2. The van der Waals surface area contributed by atoms with Crippen LogP contribution in [0.2, 0.25) is 0 Å². The number of aliphatic hydroxyl groups excluding tert-OH is 1. The summed E-state index contributed by atoms with van der Waals surface area (Å²) in [5.41, 5.74) is -1.20. The molecule has 12 heteroatoms. The second-order valence-electron chi connectivity index (χ2n) is 13.5. The van der Waals surface area contributed by atoms with Gasteiger partial charge in [-0.2, -0.15) is 0 Å². The second-order valence-corrected chi connectivity index (χ2v) is 13.5. The molecule has 0 unspecified atom stereocenters. The molecule has 1 aromatic heterocycles. The van der Waals surface area contributed by atoms with Gasteiger partial charge in [-0.1, -0.05) is 19.4 Å². The van der Waals surface area contributed by atoms with Crippen molar-refractivity contribution in [1.82, 2.24) is 15.3 Å². The molecule has 1 aromatic rings. The first-order chi connectivity index (χ1) is 20.8. The van der Waals surface area contributed by atoms with Crippen LogP contribution in [0.3, 0.4) is 0 Å². The SMILES string of the molecule is COC(=O)[C@@H](Cc1cnc[nH]1)NC(=O)CCC(=O)OCC(=O)[C@@]1(O)CC[C@H]2[C@@H]3CCC4=CC(=O)CC[C@]4(C)[C@H]3[C@H](O)C[C@@]21C. The minimum absolute atomic E-state index is 0.00441. The molecule has 4 aliphatic carbocycles. The quantitative estimate of drug-likeness (QED) is 0.283. The van der Waals surface area contributed by atoms with Gasteiger partial charge in [-0.25, -0.2) is 9.78 Å². The maximum Gasteiger partial charge on any atom is 0.328 e. The average molecular weight is 614 g/mol. The summed E-state index contributed by atoms with van der Waals surface area (Å²) in [7, 11) is 1.21. The number of aromatic nitrogens is 2. The number of aliphatic hydroxyl groups is 2. The summed E-state index contributed by atoms with van der Waals surface area (Å²) in [5.74, 6) is -2.41. The molecule has 1 heterocycles. The number of carbonyl (C=O) groups excluding carboxylic acids is 5. The largest absolute Gasteiger partial charge is 0.467 e. The Morgan fingerprint density at radius 3 is 2.64 bits per heavy atom. The minimum atomic E-state index is -1.76. The fraction of sp³-hybridized carbons (Fsp3) is 0.688. The van der Waals surface area contributed by atoms with Crippen LogP contribution < -0.4 is 5.32 Å². The number of nitrogens with zero attached hydrogens (tertiary/aromatic N) is 1. The summed E-state index contributed by atoms with van der Waals surface area (Å²) in [6.07, 6.45) is 7.31. The molecular formula is C32H43N3O9. The molecule has 3 fully saturated rings. The molecular weight excluding hydrogens is 570 g/mol. The molecule has 8 atom stereocenters.